The van der Waals surface area contributed by atoms with Crippen LogP contribution in [0, 0.1) is 10.1 Å². The molecule has 0 aromatic heterocycles. The molecule has 0 bridgehead atoms. The number of benzene rings is 1. The minimum Gasteiger partial charge on any atom is -0.460 e. The molecule has 92 valence electrons. The number of carbonyl (C=O) groups is 1. The van der Waals surface area contributed by atoms with Crippen molar-refractivity contribution in [1.82, 2.24) is 0 Å². The van der Waals surface area contributed by atoms with E-state index in [-0.39, 0.29) is 11.7 Å². The second-order valence-electron chi connectivity index (χ2n) is 4.45. The van der Waals surface area contributed by atoms with Crippen molar-refractivity contribution in [3.05, 3.63) is 39.9 Å². The fourth-order valence-corrected chi connectivity index (χ4v) is 1.65. The molecule has 0 aliphatic carbocycles. The van der Waals surface area contributed by atoms with Crippen molar-refractivity contribution < 1.29 is 14.5 Å². The Labute approximate surface area is 99.5 Å². The van der Waals surface area contributed by atoms with E-state index in [0.717, 1.165) is 5.56 Å². The van der Waals surface area contributed by atoms with Gasteiger partial charge in [-0.1, -0.05) is 12.1 Å². The lowest BCUT2D eigenvalue weighted by atomic mass is 9.98. The SMILES string of the molecule is CC(=O)OC(C)(C)Cc1ccc([N+](=O)[O-])cc1. The molecule has 5 heteroatoms. The number of non-ortho nitro benzene ring substituents is 1. The highest BCUT2D eigenvalue weighted by Crippen LogP contribution is 2.19. The molecule has 0 spiro atoms. The van der Waals surface area contributed by atoms with Gasteiger partial charge in [0.05, 0.1) is 4.92 Å². The Morgan fingerprint density at radius 2 is 1.88 bits per heavy atom. The van der Waals surface area contributed by atoms with Crippen molar-refractivity contribution >= 4 is 11.7 Å². The molecule has 1 aromatic carbocycles. The van der Waals surface area contributed by atoms with Crippen molar-refractivity contribution in [2.75, 3.05) is 0 Å². The molecule has 0 amide bonds. The van der Waals surface area contributed by atoms with E-state index in [1.807, 2.05) is 0 Å². The van der Waals surface area contributed by atoms with Crippen LogP contribution in [0.1, 0.15) is 26.3 Å². The maximum Gasteiger partial charge on any atom is 0.303 e. The summed E-state index contributed by atoms with van der Waals surface area (Å²) in [5.41, 5.74) is 0.336. The van der Waals surface area contributed by atoms with Gasteiger partial charge in [-0.15, -0.1) is 0 Å². The minimum atomic E-state index is -0.609. The Morgan fingerprint density at radius 3 is 2.29 bits per heavy atom. The van der Waals surface area contributed by atoms with Crippen LogP contribution in [0.15, 0.2) is 24.3 Å². The zero-order valence-electron chi connectivity index (χ0n) is 10.1. The molecule has 0 aliphatic heterocycles. The first-order valence-electron chi connectivity index (χ1n) is 5.23. The summed E-state index contributed by atoms with van der Waals surface area (Å²) in [4.78, 5) is 20.9. The summed E-state index contributed by atoms with van der Waals surface area (Å²) in [6.45, 7) is 4.96. The molecule has 0 atom stereocenters. The Hall–Kier alpha value is -1.91. The Kier molecular flexibility index (Phi) is 3.83. The molecule has 1 aromatic rings. The molecule has 17 heavy (non-hydrogen) atoms. The van der Waals surface area contributed by atoms with Crippen LogP contribution in [0.3, 0.4) is 0 Å². The molecule has 0 radical (unpaired) electrons. The predicted octanol–water partition coefficient (Wildman–Crippen LogP) is 2.48. The van der Waals surface area contributed by atoms with E-state index in [1.165, 1.54) is 19.1 Å². The van der Waals surface area contributed by atoms with Crippen molar-refractivity contribution in [2.24, 2.45) is 0 Å². The van der Waals surface area contributed by atoms with Gasteiger partial charge in [0.25, 0.3) is 5.69 Å². The fraction of sp³-hybridized carbons (Fsp3) is 0.417. The number of ether oxygens (including phenoxy) is 1. The number of nitro groups is 1. The number of hydrogen-bond donors (Lipinski definition) is 0. The number of nitro benzene ring substituents is 1. The van der Waals surface area contributed by atoms with Crippen LogP contribution < -0.4 is 0 Å². The van der Waals surface area contributed by atoms with Gasteiger partial charge < -0.3 is 4.74 Å². The highest BCUT2D eigenvalue weighted by molar-refractivity contribution is 5.66. The summed E-state index contributed by atoms with van der Waals surface area (Å²) in [5.74, 6) is -0.336. The van der Waals surface area contributed by atoms with E-state index in [1.54, 1.807) is 26.0 Å². The first kappa shape index (κ1) is 13.2. The molecule has 0 fully saturated rings. The normalized spacial score (nSPS) is 11.0. The number of hydrogen-bond acceptors (Lipinski definition) is 4. The molecule has 0 saturated carbocycles. The number of carbonyl (C=O) groups excluding carboxylic acids is 1. The zero-order chi connectivity index (χ0) is 13.1. The van der Waals surface area contributed by atoms with E-state index in [2.05, 4.69) is 0 Å². The maximum absolute atomic E-state index is 10.9. The summed E-state index contributed by atoms with van der Waals surface area (Å²) in [6, 6.07) is 6.23. The highest BCUT2D eigenvalue weighted by Gasteiger charge is 2.21. The quantitative estimate of drug-likeness (QED) is 0.458. The summed E-state index contributed by atoms with van der Waals surface area (Å²) in [6.07, 6.45) is 0.518. The van der Waals surface area contributed by atoms with Crippen molar-refractivity contribution in [1.29, 1.82) is 0 Å². The third kappa shape index (κ3) is 4.22. The number of rotatable bonds is 4. The molecule has 0 aliphatic rings. The van der Waals surface area contributed by atoms with Gasteiger partial charge in [-0.3, -0.25) is 14.9 Å². The summed E-state index contributed by atoms with van der Waals surface area (Å²) >= 11 is 0. The summed E-state index contributed by atoms with van der Waals surface area (Å²) in [5, 5.41) is 10.5. The minimum absolute atomic E-state index is 0.0547. The van der Waals surface area contributed by atoms with Crippen LogP contribution >= 0.6 is 0 Å². The predicted molar refractivity (Wildman–Crippen MR) is 62.6 cm³/mol. The third-order valence-electron chi connectivity index (χ3n) is 2.20. The zero-order valence-corrected chi connectivity index (χ0v) is 10.1. The topological polar surface area (TPSA) is 69.4 Å². The first-order valence-corrected chi connectivity index (χ1v) is 5.23. The standard InChI is InChI=1S/C12H15NO4/c1-9(14)17-12(2,3)8-10-4-6-11(7-5-10)13(15)16/h4-7H,8H2,1-3H3. The smallest absolute Gasteiger partial charge is 0.303 e. The van der Waals surface area contributed by atoms with Crippen LogP contribution in [0.2, 0.25) is 0 Å². The van der Waals surface area contributed by atoms with Gasteiger partial charge in [0.1, 0.15) is 5.60 Å². The average Bonchev–Trinajstić information content (AvgIpc) is 2.15. The van der Waals surface area contributed by atoms with Gasteiger partial charge >= 0.3 is 5.97 Å². The van der Waals surface area contributed by atoms with Crippen molar-refractivity contribution in [3.63, 3.8) is 0 Å². The molecule has 0 N–H and O–H groups in total. The molecular formula is C12H15NO4. The van der Waals surface area contributed by atoms with Gasteiger partial charge in [-0.05, 0) is 19.4 Å². The first-order chi connectivity index (χ1) is 7.80. The van der Waals surface area contributed by atoms with Gasteiger partial charge in [0, 0.05) is 25.5 Å². The Morgan fingerprint density at radius 1 is 1.35 bits per heavy atom. The second-order valence-corrected chi connectivity index (χ2v) is 4.45. The lowest BCUT2D eigenvalue weighted by molar-refractivity contribution is -0.384. The van der Waals surface area contributed by atoms with Crippen LogP contribution in [-0.2, 0) is 16.0 Å². The van der Waals surface area contributed by atoms with Crippen molar-refractivity contribution in [2.45, 2.75) is 32.8 Å². The fourth-order valence-electron chi connectivity index (χ4n) is 1.65. The van der Waals surface area contributed by atoms with Gasteiger partial charge in [-0.25, -0.2) is 0 Å². The van der Waals surface area contributed by atoms with Crippen molar-refractivity contribution in [3.8, 4) is 0 Å². The van der Waals surface area contributed by atoms with Crippen LogP contribution in [0.5, 0.6) is 0 Å². The summed E-state index contributed by atoms with van der Waals surface area (Å²) in [7, 11) is 0. The van der Waals surface area contributed by atoms with Crippen LogP contribution in [0.4, 0.5) is 5.69 Å². The lowest BCUT2D eigenvalue weighted by Crippen LogP contribution is -2.29. The van der Waals surface area contributed by atoms with E-state index >= 15 is 0 Å². The highest BCUT2D eigenvalue weighted by atomic mass is 16.6. The van der Waals surface area contributed by atoms with E-state index < -0.39 is 10.5 Å². The largest absolute Gasteiger partial charge is 0.460 e. The second kappa shape index (κ2) is 4.95. The molecule has 0 heterocycles. The Balaban J connectivity index is 2.75. The van der Waals surface area contributed by atoms with Gasteiger partial charge in [0.2, 0.25) is 0 Å². The monoisotopic (exact) mass is 237 g/mol. The van der Waals surface area contributed by atoms with E-state index in [0.29, 0.717) is 6.42 Å². The summed E-state index contributed by atoms with van der Waals surface area (Å²) < 4.78 is 5.15. The van der Waals surface area contributed by atoms with Crippen LogP contribution in [0.25, 0.3) is 0 Å². The Bertz CT molecular complexity index is 423. The molecular weight excluding hydrogens is 222 g/mol. The van der Waals surface area contributed by atoms with E-state index in [9.17, 15) is 14.9 Å². The molecule has 0 unspecified atom stereocenters. The van der Waals surface area contributed by atoms with Gasteiger partial charge in [0.15, 0.2) is 0 Å². The molecule has 5 nitrogen and oxygen atoms in total. The lowest BCUT2D eigenvalue weighted by Gasteiger charge is -2.24. The number of nitrogens with zero attached hydrogens (tertiary/aromatic N) is 1. The molecule has 1 rings (SSSR count). The maximum atomic E-state index is 10.9. The van der Waals surface area contributed by atoms with E-state index in [4.69, 9.17) is 4.74 Å². The average molecular weight is 237 g/mol. The third-order valence-corrected chi connectivity index (χ3v) is 2.20. The van der Waals surface area contributed by atoms with Crippen LogP contribution in [-0.4, -0.2) is 16.5 Å². The van der Waals surface area contributed by atoms with Gasteiger partial charge in [-0.2, -0.15) is 0 Å². The number of esters is 1. The molecule has 0 saturated heterocycles.